The van der Waals surface area contributed by atoms with Gasteiger partial charge in [-0.2, -0.15) is 0 Å². The van der Waals surface area contributed by atoms with E-state index in [2.05, 4.69) is 0 Å². The number of rotatable bonds is 7. The number of hydrogen-bond acceptors (Lipinski definition) is 6. The van der Waals surface area contributed by atoms with Crippen LogP contribution in [0.1, 0.15) is 37.9 Å². The molecule has 1 amide bonds. The van der Waals surface area contributed by atoms with Crippen LogP contribution in [0.15, 0.2) is 65.6 Å². The van der Waals surface area contributed by atoms with Crippen molar-refractivity contribution in [1.29, 1.82) is 0 Å². The van der Waals surface area contributed by atoms with Gasteiger partial charge in [0.15, 0.2) is 11.5 Å². The van der Waals surface area contributed by atoms with E-state index in [-0.39, 0.29) is 25.3 Å². The van der Waals surface area contributed by atoms with Gasteiger partial charge < -0.3 is 9.47 Å². The Morgan fingerprint density at radius 3 is 2.51 bits per heavy atom. The lowest BCUT2D eigenvalue weighted by Crippen LogP contribution is -2.28. The molecule has 1 aliphatic carbocycles. The number of sulfonamides is 1. The van der Waals surface area contributed by atoms with Gasteiger partial charge in [0.25, 0.3) is 10.0 Å². The predicted molar refractivity (Wildman–Crippen MR) is 132 cm³/mol. The number of fused-ring (bicyclic) bond motifs is 1. The number of benzene rings is 3. The Bertz CT molecular complexity index is 1460. The van der Waals surface area contributed by atoms with Crippen LogP contribution in [0.4, 0.5) is 0 Å². The zero-order chi connectivity index (χ0) is 24.8. The minimum absolute atomic E-state index is 0. The maximum Gasteiger partial charge on any atom is 0.264 e. The minimum atomic E-state index is -3.95. The number of amides is 1. The van der Waals surface area contributed by atoms with Crippen LogP contribution in [0.5, 0.6) is 11.5 Å². The normalized spacial score (nSPS) is 15.5. The summed E-state index contributed by atoms with van der Waals surface area (Å²) in [4.78, 5) is 24.7. The molecule has 3 aromatic rings. The lowest BCUT2D eigenvalue weighted by molar-refractivity contribution is -0.121. The Hall–Kier alpha value is -3.65. The monoisotopic (exact) mass is 493 g/mol. The molecule has 35 heavy (non-hydrogen) atoms. The van der Waals surface area contributed by atoms with Gasteiger partial charge in [0, 0.05) is 14.8 Å². The third kappa shape index (κ3) is 4.41. The van der Waals surface area contributed by atoms with Crippen LogP contribution in [-0.2, 0) is 31.4 Å². The van der Waals surface area contributed by atoms with Gasteiger partial charge >= 0.3 is 0 Å². The van der Waals surface area contributed by atoms with Gasteiger partial charge in [-0.15, -0.1) is 0 Å². The summed E-state index contributed by atoms with van der Waals surface area (Å²) in [6, 6.07) is 18.0. The van der Waals surface area contributed by atoms with Crippen molar-refractivity contribution in [2.24, 2.45) is 0 Å². The number of ether oxygens (including phenoxy) is 2. The topological polar surface area (TPSA) is 98.8 Å². The van der Waals surface area contributed by atoms with Gasteiger partial charge in [-0.25, -0.2) is 13.1 Å². The number of carbonyl (C=O) groups excluding carboxylic acids is 2. The van der Waals surface area contributed by atoms with E-state index in [0.29, 0.717) is 17.1 Å². The van der Waals surface area contributed by atoms with Gasteiger partial charge in [0.2, 0.25) is 12.7 Å². The van der Waals surface area contributed by atoms with Crippen molar-refractivity contribution in [1.82, 2.24) is 4.72 Å². The van der Waals surface area contributed by atoms with Gasteiger partial charge in [-0.3, -0.25) is 9.59 Å². The number of ketones is 1. The van der Waals surface area contributed by atoms with Gasteiger partial charge in [0.05, 0.1) is 10.3 Å². The van der Waals surface area contributed by atoms with Crippen LogP contribution < -0.4 is 14.2 Å². The number of nitrogens with one attached hydrogen (secondary N) is 1. The molecule has 1 fully saturated rings. The molecule has 5 rings (SSSR count). The summed E-state index contributed by atoms with van der Waals surface area (Å²) in [6.07, 6.45) is 1.87. The Morgan fingerprint density at radius 2 is 1.77 bits per heavy atom. The van der Waals surface area contributed by atoms with Crippen LogP contribution in [0.25, 0.3) is 11.1 Å². The van der Waals surface area contributed by atoms with Crippen molar-refractivity contribution in [3.05, 3.63) is 77.4 Å². The molecule has 1 heterocycles. The molecule has 2 aliphatic rings. The largest absolute Gasteiger partial charge is 0.454 e. The second-order valence-electron chi connectivity index (χ2n) is 9.09. The molecule has 1 saturated carbocycles. The molecule has 0 saturated heterocycles. The molecule has 1 aliphatic heterocycles. The highest BCUT2D eigenvalue weighted by Gasteiger charge is 2.50. The highest BCUT2D eigenvalue weighted by atomic mass is 32.2. The van der Waals surface area contributed by atoms with Crippen molar-refractivity contribution >= 4 is 21.7 Å². The molecule has 0 bridgehead atoms. The molecule has 0 aromatic heterocycles. The Kier molecular flexibility index (Phi) is 5.63. The first-order valence-corrected chi connectivity index (χ1v) is 12.8. The Balaban J connectivity index is 0.00000304. The zero-order valence-electron chi connectivity index (χ0n) is 19.5. The zero-order valence-corrected chi connectivity index (χ0v) is 20.3. The van der Waals surface area contributed by atoms with E-state index >= 15 is 0 Å². The number of carbonyl (C=O) groups is 2. The Labute approximate surface area is 205 Å². The minimum Gasteiger partial charge on any atom is -0.454 e. The van der Waals surface area contributed by atoms with E-state index in [1.54, 1.807) is 6.07 Å². The average Bonchev–Trinajstić information content (AvgIpc) is 3.50. The highest BCUT2D eigenvalue weighted by Crippen LogP contribution is 2.51. The van der Waals surface area contributed by atoms with E-state index in [0.717, 1.165) is 42.0 Å². The smallest absolute Gasteiger partial charge is 0.264 e. The summed E-state index contributed by atoms with van der Waals surface area (Å²) in [6.45, 7) is 3.28. The SMILES string of the molecule is CC(=O)NS(=O)(=O)c1cccc(-c2cc(CC(=O)C3(c4ccc5c(c4)OCO5)CC3)ccc2C)c1.[HH]. The molecular formula is C27H27NO6S. The molecule has 1 N–H and O–H groups in total. The fourth-order valence-corrected chi connectivity index (χ4v) is 5.61. The molecule has 8 heteroatoms. The standard InChI is InChI=1S/C27H25NO6S.H2/c1-17-6-7-19(12-23(17)20-4-3-5-22(14-20)35(31,32)28-18(2)29)13-26(30)27(10-11-27)21-8-9-24-25(15-21)34-16-33-24;/h3-9,12,14-15H,10-11,13,16H2,1-2H3,(H,28,29);1H. The van der Waals surface area contributed by atoms with Crippen LogP contribution >= 0.6 is 0 Å². The summed E-state index contributed by atoms with van der Waals surface area (Å²) in [5.74, 6) is 0.868. The van der Waals surface area contributed by atoms with Crippen LogP contribution in [0, 0.1) is 6.92 Å². The average molecular weight is 494 g/mol. The first-order valence-electron chi connectivity index (χ1n) is 11.3. The number of hydrogen-bond donors (Lipinski definition) is 1. The molecule has 0 atom stereocenters. The maximum absolute atomic E-state index is 13.4. The van der Waals surface area contributed by atoms with Crippen LogP contribution in [0.3, 0.4) is 0 Å². The lowest BCUT2D eigenvalue weighted by atomic mass is 9.87. The van der Waals surface area contributed by atoms with E-state index < -0.39 is 21.3 Å². The van der Waals surface area contributed by atoms with Crippen molar-refractivity contribution in [2.45, 2.75) is 43.4 Å². The summed E-state index contributed by atoms with van der Waals surface area (Å²) in [5, 5.41) is 0. The van der Waals surface area contributed by atoms with Crippen molar-refractivity contribution in [2.75, 3.05) is 6.79 Å². The molecule has 0 radical (unpaired) electrons. The fourth-order valence-electron chi connectivity index (χ4n) is 4.57. The maximum atomic E-state index is 13.4. The number of aryl methyl sites for hydroxylation is 1. The third-order valence-electron chi connectivity index (χ3n) is 6.61. The molecular weight excluding hydrogens is 466 g/mol. The van der Waals surface area contributed by atoms with Crippen molar-refractivity contribution < 1.29 is 28.9 Å². The molecule has 3 aromatic carbocycles. The van der Waals surface area contributed by atoms with Crippen molar-refractivity contribution in [3.8, 4) is 22.6 Å². The van der Waals surface area contributed by atoms with Gasteiger partial charge in [-0.05, 0) is 71.8 Å². The first kappa shape index (κ1) is 23.1. The van der Waals surface area contributed by atoms with Crippen LogP contribution in [0.2, 0.25) is 0 Å². The second kappa shape index (κ2) is 8.53. The molecule has 7 nitrogen and oxygen atoms in total. The summed E-state index contributed by atoms with van der Waals surface area (Å²) < 4.78 is 37.8. The quantitative estimate of drug-likeness (QED) is 0.527. The van der Waals surface area contributed by atoms with E-state index in [1.165, 1.54) is 12.1 Å². The number of Topliss-reactive ketones (excluding diaryl/α,β-unsaturated/α-hetero) is 1. The lowest BCUT2D eigenvalue weighted by Gasteiger charge is -2.16. The third-order valence-corrected chi connectivity index (χ3v) is 8.04. The fraction of sp³-hybridized carbons (Fsp3) is 0.259. The molecule has 0 spiro atoms. The van der Waals surface area contributed by atoms with E-state index in [4.69, 9.17) is 9.47 Å². The van der Waals surface area contributed by atoms with Gasteiger partial charge in [0.1, 0.15) is 5.78 Å². The molecule has 0 unspecified atom stereocenters. The summed E-state index contributed by atoms with van der Waals surface area (Å²) >= 11 is 0. The van der Waals surface area contributed by atoms with Crippen molar-refractivity contribution in [3.63, 3.8) is 0 Å². The predicted octanol–water partition coefficient (Wildman–Crippen LogP) is 4.30. The first-order chi connectivity index (χ1) is 16.7. The van der Waals surface area contributed by atoms with Gasteiger partial charge in [-0.1, -0.05) is 36.4 Å². The highest BCUT2D eigenvalue weighted by molar-refractivity contribution is 7.90. The van der Waals surface area contributed by atoms with E-state index in [1.807, 2.05) is 54.1 Å². The second-order valence-corrected chi connectivity index (χ2v) is 10.8. The molecule has 182 valence electrons. The Morgan fingerprint density at radius 1 is 1.00 bits per heavy atom. The summed E-state index contributed by atoms with van der Waals surface area (Å²) in [5.41, 5.74) is 3.79. The van der Waals surface area contributed by atoms with E-state index in [9.17, 15) is 18.0 Å². The van der Waals surface area contributed by atoms with Crippen LogP contribution in [-0.4, -0.2) is 26.9 Å². The summed E-state index contributed by atoms with van der Waals surface area (Å²) in [7, 11) is -3.95.